The molecule has 2 fully saturated rings. The number of hydrogen-bond acceptors (Lipinski definition) is 2. The predicted octanol–water partition coefficient (Wildman–Crippen LogP) is 4.12. The average Bonchev–Trinajstić information content (AvgIpc) is 2.35. The molecular formula is C16H29NO2. The molecule has 0 unspecified atom stereocenters. The van der Waals surface area contributed by atoms with E-state index in [4.69, 9.17) is 4.74 Å². The van der Waals surface area contributed by atoms with Crippen molar-refractivity contribution < 1.29 is 9.53 Å². The molecular weight excluding hydrogens is 238 g/mol. The molecule has 0 spiro atoms. The van der Waals surface area contributed by atoms with Crippen molar-refractivity contribution in [2.45, 2.75) is 71.8 Å². The van der Waals surface area contributed by atoms with Gasteiger partial charge in [-0.3, -0.25) is 0 Å². The SMILES string of the molecule is CC(C)(C)COC(=O)N[C@@H]1CC[C@@H]2CCCC[C@@H]2C1. The van der Waals surface area contributed by atoms with E-state index in [9.17, 15) is 4.79 Å². The number of alkyl carbamates (subject to hydrolysis) is 1. The predicted molar refractivity (Wildman–Crippen MR) is 77.0 cm³/mol. The second-order valence-corrected chi connectivity index (χ2v) is 7.60. The second-order valence-electron chi connectivity index (χ2n) is 7.60. The number of ether oxygens (including phenoxy) is 1. The van der Waals surface area contributed by atoms with Crippen LogP contribution >= 0.6 is 0 Å². The highest BCUT2D eigenvalue weighted by molar-refractivity contribution is 5.67. The third kappa shape index (κ3) is 4.70. The van der Waals surface area contributed by atoms with Crippen LogP contribution in [-0.2, 0) is 4.74 Å². The molecule has 2 rings (SSSR count). The Balaban J connectivity index is 1.72. The molecule has 3 nitrogen and oxygen atoms in total. The van der Waals surface area contributed by atoms with Gasteiger partial charge >= 0.3 is 6.09 Å². The highest BCUT2D eigenvalue weighted by Gasteiger charge is 2.32. The van der Waals surface area contributed by atoms with Crippen LogP contribution in [0.2, 0.25) is 0 Å². The fourth-order valence-corrected chi connectivity index (χ4v) is 3.49. The Morgan fingerprint density at radius 1 is 1.11 bits per heavy atom. The van der Waals surface area contributed by atoms with Gasteiger partial charge in [-0.25, -0.2) is 4.79 Å². The highest BCUT2D eigenvalue weighted by atomic mass is 16.5. The Kier molecular flexibility index (Phi) is 4.75. The van der Waals surface area contributed by atoms with Crippen LogP contribution in [0.5, 0.6) is 0 Å². The van der Waals surface area contributed by atoms with Crippen LogP contribution < -0.4 is 5.32 Å². The summed E-state index contributed by atoms with van der Waals surface area (Å²) in [7, 11) is 0. The quantitative estimate of drug-likeness (QED) is 0.817. The van der Waals surface area contributed by atoms with Crippen molar-refractivity contribution in [3.63, 3.8) is 0 Å². The summed E-state index contributed by atoms with van der Waals surface area (Å²) in [6.45, 7) is 6.71. The Hall–Kier alpha value is -0.730. The summed E-state index contributed by atoms with van der Waals surface area (Å²) in [5.74, 6) is 1.77. The van der Waals surface area contributed by atoms with Gasteiger partial charge in [0.05, 0.1) is 6.61 Å². The summed E-state index contributed by atoms with van der Waals surface area (Å²) < 4.78 is 5.30. The van der Waals surface area contributed by atoms with E-state index in [1.807, 2.05) is 0 Å². The van der Waals surface area contributed by atoms with Crippen LogP contribution in [-0.4, -0.2) is 18.7 Å². The van der Waals surface area contributed by atoms with Crippen LogP contribution in [0.15, 0.2) is 0 Å². The largest absolute Gasteiger partial charge is 0.449 e. The third-order valence-electron chi connectivity index (χ3n) is 4.50. The number of amides is 1. The number of carbonyl (C=O) groups excluding carboxylic acids is 1. The molecule has 3 heteroatoms. The third-order valence-corrected chi connectivity index (χ3v) is 4.50. The molecule has 0 aromatic carbocycles. The van der Waals surface area contributed by atoms with Crippen molar-refractivity contribution in [2.75, 3.05) is 6.61 Å². The zero-order valence-corrected chi connectivity index (χ0v) is 12.7. The number of hydrogen-bond donors (Lipinski definition) is 1. The van der Waals surface area contributed by atoms with Crippen LogP contribution in [0.1, 0.15) is 65.7 Å². The smallest absolute Gasteiger partial charge is 0.407 e. The maximum Gasteiger partial charge on any atom is 0.407 e. The minimum Gasteiger partial charge on any atom is -0.449 e. The molecule has 0 radical (unpaired) electrons. The minimum absolute atomic E-state index is 0.0400. The second kappa shape index (κ2) is 6.15. The number of rotatable bonds is 2. The summed E-state index contributed by atoms with van der Waals surface area (Å²) in [6, 6.07) is 0.340. The van der Waals surface area contributed by atoms with E-state index in [2.05, 4.69) is 26.1 Å². The molecule has 110 valence electrons. The highest BCUT2D eigenvalue weighted by Crippen LogP contribution is 2.40. The summed E-state index contributed by atoms with van der Waals surface area (Å²) in [5, 5.41) is 3.06. The van der Waals surface area contributed by atoms with E-state index < -0.39 is 0 Å². The zero-order chi connectivity index (χ0) is 13.9. The van der Waals surface area contributed by atoms with Gasteiger partial charge in [0, 0.05) is 6.04 Å². The van der Waals surface area contributed by atoms with Gasteiger partial charge in [0.1, 0.15) is 0 Å². The lowest BCUT2D eigenvalue weighted by Crippen LogP contribution is -2.42. The first-order valence-corrected chi connectivity index (χ1v) is 7.87. The first-order chi connectivity index (χ1) is 8.94. The lowest BCUT2D eigenvalue weighted by molar-refractivity contribution is 0.0922. The van der Waals surface area contributed by atoms with Gasteiger partial charge in [-0.05, 0) is 36.5 Å². The fraction of sp³-hybridized carbons (Fsp3) is 0.938. The molecule has 0 saturated heterocycles. The zero-order valence-electron chi connectivity index (χ0n) is 12.7. The van der Waals surface area contributed by atoms with Crippen molar-refractivity contribution in [1.29, 1.82) is 0 Å². The van der Waals surface area contributed by atoms with E-state index in [1.165, 1.54) is 32.1 Å². The van der Waals surface area contributed by atoms with Crippen LogP contribution in [0.25, 0.3) is 0 Å². The summed E-state index contributed by atoms with van der Waals surface area (Å²) >= 11 is 0. The molecule has 1 N–H and O–H groups in total. The molecule has 0 aromatic rings. The van der Waals surface area contributed by atoms with Crippen molar-refractivity contribution >= 4 is 6.09 Å². The lowest BCUT2D eigenvalue weighted by atomic mass is 9.69. The van der Waals surface area contributed by atoms with Gasteiger partial charge < -0.3 is 10.1 Å². The van der Waals surface area contributed by atoms with Crippen molar-refractivity contribution in [3.8, 4) is 0 Å². The monoisotopic (exact) mass is 267 g/mol. The van der Waals surface area contributed by atoms with Crippen molar-refractivity contribution in [2.24, 2.45) is 17.3 Å². The van der Waals surface area contributed by atoms with Crippen LogP contribution in [0.4, 0.5) is 4.79 Å². The Morgan fingerprint density at radius 2 is 1.79 bits per heavy atom. The summed E-state index contributed by atoms with van der Waals surface area (Å²) in [6.07, 6.45) is 8.91. The topological polar surface area (TPSA) is 38.3 Å². The summed E-state index contributed by atoms with van der Waals surface area (Å²) in [5.41, 5.74) is 0.0400. The number of fused-ring (bicyclic) bond motifs is 1. The van der Waals surface area contributed by atoms with Gasteiger partial charge in [-0.15, -0.1) is 0 Å². The van der Waals surface area contributed by atoms with Crippen LogP contribution in [0.3, 0.4) is 0 Å². The Bertz CT molecular complexity index is 308. The lowest BCUT2D eigenvalue weighted by Gasteiger charge is -2.39. The van der Waals surface area contributed by atoms with E-state index in [0.29, 0.717) is 12.6 Å². The summed E-state index contributed by atoms with van der Waals surface area (Å²) in [4.78, 5) is 11.8. The molecule has 0 bridgehead atoms. The van der Waals surface area contributed by atoms with Gasteiger partial charge in [0.15, 0.2) is 0 Å². The normalized spacial score (nSPS) is 31.4. The molecule has 2 saturated carbocycles. The molecule has 19 heavy (non-hydrogen) atoms. The van der Waals surface area contributed by atoms with E-state index in [1.54, 1.807) is 0 Å². The molecule has 0 aromatic heterocycles. The van der Waals surface area contributed by atoms with Crippen molar-refractivity contribution in [3.05, 3.63) is 0 Å². The van der Waals surface area contributed by atoms with Crippen molar-refractivity contribution in [1.82, 2.24) is 5.32 Å². The fourth-order valence-electron chi connectivity index (χ4n) is 3.49. The molecule has 2 aliphatic carbocycles. The van der Waals surface area contributed by atoms with Crippen LogP contribution in [0, 0.1) is 17.3 Å². The maximum atomic E-state index is 11.8. The van der Waals surface area contributed by atoms with E-state index in [-0.39, 0.29) is 11.5 Å². The van der Waals surface area contributed by atoms with E-state index in [0.717, 1.165) is 24.7 Å². The van der Waals surface area contributed by atoms with Gasteiger partial charge in [-0.2, -0.15) is 0 Å². The molecule has 0 aliphatic heterocycles. The van der Waals surface area contributed by atoms with E-state index >= 15 is 0 Å². The first kappa shape index (κ1) is 14.7. The number of carbonyl (C=O) groups is 1. The molecule has 2 aliphatic rings. The first-order valence-electron chi connectivity index (χ1n) is 7.87. The maximum absolute atomic E-state index is 11.8. The average molecular weight is 267 g/mol. The van der Waals surface area contributed by atoms with Gasteiger partial charge in [0.25, 0.3) is 0 Å². The Labute approximate surface area is 117 Å². The standard InChI is InChI=1S/C16H29NO2/c1-16(2,3)11-19-15(18)17-14-9-8-12-6-4-5-7-13(12)10-14/h12-14H,4-11H2,1-3H3,(H,17,18)/t12-,13+,14+/m0/s1. The van der Waals surface area contributed by atoms with Gasteiger partial charge in [-0.1, -0.05) is 46.5 Å². The molecule has 1 amide bonds. The Morgan fingerprint density at radius 3 is 2.47 bits per heavy atom. The molecule has 3 atom stereocenters. The minimum atomic E-state index is -0.228. The number of nitrogens with one attached hydrogen (secondary N) is 1. The molecule has 0 heterocycles. The van der Waals surface area contributed by atoms with Gasteiger partial charge in [0.2, 0.25) is 0 Å².